The number of allylic oxidation sites excluding steroid dienone is 4. The van der Waals surface area contributed by atoms with Crippen molar-refractivity contribution in [1.29, 1.82) is 0 Å². The largest absolute Gasteiger partial charge is 0.507 e. The third-order valence-corrected chi connectivity index (χ3v) is 8.77. The molecule has 0 bridgehead atoms. The fourth-order valence-corrected chi connectivity index (χ4v) is 6.99. The maximum atomic E-state index is 13.9. The number of aromatic nitrogens is 3. The van der Waals surface area contributed by atoms with Crippen molar-refractivity contribution in [2.24, 2.45) is 11.3 Å². The summed E-state index contributed by atoms with van der Waals surface area (Å²) in [4.78, 5) is 54.5. The zero-order valence-corrected chi connectivity index (χ0v) is 21.8. The molecule has 2 aliphatic carbocycles. The van der Waals surface area contributed by atoms with Gasteiger partial charge in [-0.15, -0.1) is 0 Å². The number of phenols is 1. The molecule has 8 heteroatoms. The zero-order valence-electron chi connectivity index (χ0n) is 21.8. The molecule has 1 aliphatic heterocycles. The summed E-state index contributed by atoms with van der Waals surface area (Å²) in [5.74, 6) is -1.23. The molecule has 2 aromatic carbocycles. The molecule has 1 saturated carbocycles. The van der Waals surface area contributed by atoms with Crippen LogP contribution < -0.4 is 11.4 Å². The molecule has 1 aromatic heterocycles. The van der Waals surface area contributed by atoms with E-state index in [-0.39, 0.29) is 30.3 Å². The summed E-state index contributed by atoms with van der Waals surface area (Å²) in [6.07, 6.45) is 3.60. The number of benzene rings is 2. The van der Waals surface area contributed by atoms with Crippen LogP contribution in [0.25, 0.3) is 5.69 Å². The van der Waals surface area contributed by atoms with Gasteiger partial charge in [0.25, 0.3) is 0 Å². The summed E-state index contributed by atoms with van der Waals surface area (Å²) in [6, 6.07) is 11.9. The molecule has 1 fully saturated rings. The van der Waals surface area contributed by atoms with E-state index in [1.807, 2.05) is 45.0 Å². The second kappa shape index (κ2) is 8.15. The summed E-state index contributed by atoms with van der Waals surface area (Å²) in [5, 5.41) is 10.5. The SMILES string of the molecule is CC1=CC(=O)[C@@H]2C[C@@H]3C(=CCn4c(=O)n(-c5ccccc5)c(=O)n43)[C@H](c3cc(C)c(O)c(C)c3)[C@]2(C)C1=O. The van der Waals surface area contributed by atoms with E-state index in [9.17, 15) is 24.3 Å². The van der Waals surface area contributed by atoms with E-state index in [0.29, 0.717) is 22.4 Å². The van der Waals surface area contributed by atoms with Crippen LogP contribution in [0.3, 0.4) is 0 Å². The number of phenolic OH excluding ortho intramolecular Hbond substituents is 1. The molecule has 1 N–H and O–H groups in total. The monoisotopic (exact) mass is 511 g/mol. The van der Waals surface area contributed by atoms with Crippen molar-refractivity contribution in [1.82, 2.24) is 13.9 Å². The Labute approximate surface area is 219 Å². The van der Waals surface area contributed by atoms with Gasteiger partial charge in [0.2, 0.25) is 0 Å². The van der Waals surface area contributed by atoms with E-state index >= 15 is 0 Å². The van der Waals surface area contributed by atoms with Crippen molar-refractivity contribution in [3.05, 3.63) is 103 Å². The minimum atomic E-state index is -1.07. The smallest absolute Gasteiger partial charge is 0.352 e. The molecule has 0 amide bonds. The second-order valence-electron chi connectivity index (χ2n) is 10.9. The van der Waals surface area contributed by atoms with Gasteiger partial charge in [-0.25, -0.2) is 23.5 Å². The van der Waals surface area contributed by atoms with Crippen molar-refractivity contribution >= 4 is 11.6 Å². The van der Waals surface area contributed by atoms with Gasteiger partial charge in [-0.05, 0) is 73.2 Å². The molecule has 0 radical (unpaired) electrons. The molecule has 6 rings (SSSR count). The highest BCUT2D eigenvalue weighted by Crippen LogP contribution is 2.60. The molecule has 3 aromatic rings. The fraction of sp³-hybridized carbons (Fsp3) is 0.333. The Kier molecular flexibility index (Phi) is 5.18. The number of nitrogens with zero attached hydrogens (tertiary/aromatic N) is 3. The number of ketones is 2. The van der Waals surface area contributed by atoms with Gasteiger partial charge in [-0.1, -0.05) is 43.3 Å². The van der Waals surface area contributed by atoms with E-state index in [0.717, 1.165) is 15.7 Å². The third-order valence-electron chi connectivity index (χ3n) is 8.77. The molecule has 0 spiro atoms. The van der Waals surface area contributed by atoms with Crippen LogP contribution in [0, 0.1) is 25.2 Å². The van der Waals surface area contributed by atoms with Gasteiger partial charge in [0.05, 0.1) is 23.7 Å². The lowest BCUT2D eigenvalue weighted by molar-refractivity contribution is -0.139. The summed E-state index contributed by atoms with van der Waals surface area (Å²) in [7, 11) is 0. The molecule has 0 unspecified atom stereocenters. The van der Waals surface area contributed by atoms with Gasteiger partial charge < -0.3 is 5.11 Å². The highest BCUT2D eigenvalue weighted by Gasteiger charge is 2.59. The van der Waals surface area contributed by atoms with Crippen molar-refractivity contribution in [2.45, 2.75) is 52.6 Å². The number of rotatable bonds is 2. The van der Waals surface area contributed by atoms with Crippen LogP contribution in [0.2, 0.25) is 0 Å². The standard InChI is InChI=1S/C30H29N3O5/c1-16-12-19(13-17(2)26(16)35)25-21-10-11-31-28(37)32(20-8-6-5-7-9-20)29(38)33(31)23(21)15-22-24(34)14-18(3)27(36)30(22,25)4/h5-10,12-14,22-23,25,35H,11,15H2,1-4H3/t22-,23+,25-,30+/m0/s1. The molecule has 4 atom stereocenters. The number of carbonyl (C=O) groups excluding carboxylic acids is 2. The lowest BCUT2D eigenvalue weighted by atomic mass is 9.51. The van der Waals surface area contributed by atoms with E-state index in [1.165, 1.54) is 15.4 Å². The Morgan fingerprint density at radius 1 is 0.947 bits per heavy atom. The highest BCUT2D eigenvalue weighted by atomic mass is 16.3. The van der Waals surface area contributed by atoms with Crippen LogP contribution in [-0.2, 0) is 16.1 Å². The number of hydrogen-bond acceptors (Lipinski definition) is 5. The number of aryl methyl sites for hydroxylation is 2. The maximum absolute atomic E-state index is 13.9. The number of fused-ring (bicyclic) bond motifs is 4. The summed E-state index contributed by atoms with van der Waals surface area (Å²) in [5.41, 5.74) is 1.91. The summed E-state index contributed by atoms with van der Waals surface area (Å²) in [6.45, 7) is 7.32. The van der Waals surface area contributed by atoms with Gasteiger partial charge in [-0.2, -0.15) is 0 Å². The minimum absolute atomic E-state index is 0.0907. The van der Waals surface area contributed by atoms with Crippen LogP contribution in [0.5, 0.6) is 5.75 Å². The Balaban J connectivity index is 1.61. The lowest BCUT2D eigenvalue weighted by Gasteiger charge is -2.52. The molecular weight excluding hydrogens is 482 g/mol. The molecule has 2 heterocycles. The first kappa shape index (κ1) is 24.2. The average Bonchev–Trinajstić information content (AvgIpc) is 3.15. The molecule has 194 valence electrons. The zero-order chi connectivity index (χ0) is 27.1. The molecule has 8 nitrogen and oxygen atoms in total. The predicted octanol–water partition coefficient (Wildman–Crippen LogP) is 3.51. The first-order valence-electron chi connectivity index (χ1n) is 12.8. The van der Waals surface area contributed by atoms with Crippen LogP contribution in [0.4, 0.5) is 0 Å². The van der Waals surface area contributed by atoms with Gasteiger partial charge in [0, 0.05) is 11.8 Å². The van der Waals surface area contributed by atoms with Gasteiger partial charge >= 0.3 is 11.4 Å². The van der Waals surface area contributed by atoms with Crippen molar-refractivity contribution in [3.63, 3.8) is 0 Å². The number of hydrogen-bond donors (Lipinski definition) is 1. The Morgan fingerprint density at radius 2 is 1.61 bits per heavy atom. The van der Waals surface area contributed by atoms with Crippen LogP contribution in [-0.4, -0.2) is 30.6 Å². The second-order valence-corrected chi connectivity index (χ2v) is 10.9. The van der Waals surface area contributed by atoms with Gasteiger partial charge in [-0.3, -0.25) is 9.59 Å². The van der Waals surface area contributed by atoms with E-state index in [4.69, 9.17) is 0 Å². The Morgan fingerprint density at radius 3 is 2.26 bits per heavy atom. The topological polar surface area (TPSA) is 103 Å². The summed E-state index contributed by atoms with van der Waals surface area (Å²) >= 11 is 0. The van der Waals surface area contributed by atoms with Crippen molar-refractivity contribution in [2.75, 3.05) is 0 Å². The van der Waals surface area contributed by atoms with Crippen molar-refractivity contribution < 1.29 is 14.7 Å². The Bertz CT molecular complexity index is 1700. The molecule has 3 aliphatic rings. The van der Waals surface area contributed by atoms with Gasteiger partial charge in [0.1, 0.15) is 5.75 Å². The highest BCUT2D eigenvalue weighted by molar-refractivity contribution is 6.13. The quantitative estimate of drug-likeness (QED) is 0.531. The predicted molar refractivity (Wildman–Crippen MR) is 142 cm³/mol. The first-order valence-corrected chi connectivity index (χ1v) is 12.8. The number of Topliss-reactive ketones (excluding diaryl/α,β-unsaturated/α-hetero) is 1. The third kappa shape index (κ3) is 3.09. The minimum Gasteiger partial charge on any atom is -0.507 e. The first-order chi connectivity index (χ1) is 18.1. The fourth-order valence-electron chi connectivity index (χ4n) is 6.99. The van der Waals surface area contributed by atoms with Crippen molar-refractivity contribution in [3.8, 4) is 11.4 Å². The molecule has 0 saturated heterocycles. The number of aromatic hydroxyl groups is 1. The van der Waals surface area contributed by atoms with E-state index in [2.05, 4.69) is 0 Å². The summed E-state index contributed by atoms with van der Waals surface area (Å²) < 4.78 is 4.05. The molecular formula is C30H29N3O5. The average molecular weight is 512 g/mol. The van der Waals surface area contributed by atoms with Crippen LogP contribution in [0.1, 0.15) is 48.9 Å². The van der Waals surface area contributed by atoms with E-state index in [1.54, 1.807) is 31.2 Å². The maximum Gasteiger partial charge on any atom is 0.352 e. The lowest BCUT2D eigenvalue weighted by Crippen LogP contribution is -2.54. The van der Waals surface area contributed by atoms with Gasteiger partial charge in [0.15, 0.2) is 11.6 Å². The number of carbonyl (C=O) groups is 2. The van der Waals surface area contributed by atoms with Crippen LogP contribution >= 0.6 is 0 Å². The van der Waals surface area contributed by atoms with Crippen LogP contribution in [0.15, 0.2) is 75.4 Å². The normalized spacial score (nSPS) is 26.3. The molecule has 38 heavy (non-hydrogen) atoms. The van der Waals surface area contributed by atoms with E-state index < -0.39 is 34.7 Å². The number of para-hydroxylation sites is 1. The Hall–Kier alpha value is -4.20.